The van der Waals surface area contributed by atoms with Gasteiger partial charge >= 0.3 is 0 Å². The molecule has 5 heteroatoms. The Hall–Kier alpha value is -2.25. The monoisotopic (exact) mass is 413 g/mol. The smallest absolute Gasteiger partial charge is 0.138 e. The lowest BCUT2D eigenvalue weighted by molar-refractivity contribution is 0.271. The van der Waals surface area contributed by atoms with Crippen molar-refractivity contribution in [3.63, 3.8) is 0 Å². The molecule has 0 atom stereocenters. The molecule has 3 nitrogen and oxygen atoms in total. The van der Waals surface area contributed by atoms with Gasteiger partial charge in [0, 0.05) is 37.1 Å². The minimum atomic E-state index is 0. The highest BCUT2D eigenvalue weighted by Gasteiger charge is 2.19. The van der Waals surface area contributed by atoms with E-state index in [2.05, 4.69) is 58.9 Å². The van der Waals surface area contributed by atoms with Crippen LogP contribution >= 0.6 is 24.8 Å². The predicted molar refractivity (Wildman–Crippen MR) is 123 cm³/mol. The summed E-state index contributed by atoms with van der Waals surface area (Å²) in [6.45, 7) is 7.55. The highest BCUT2D eigenvalue weighted by Crippen LogP contribution is 2.26. The summed E-state index contributed by atoms with van der Waals surface area (Å²) in [7, 11) is 0. The van der Waals surface area contributed by atoms with Crippen LogP contribution in [0.3, 0.4) is 0 Å². The Morgan fingerprint density at radius 2 is 1.54 bits per heavy atom. The van der Waals surface area contributed by atoms with Crippen LogP contribution in [0.1, 0.15) is 18.2 Å². The van der Waals surface area contributed by atoms with E-state index in [1.807, 2.05) is 30.3 Å². The number of benzene rings is 2. The molecular weight excluding hydrogens is 389 g/mol. The zero-order valence-corrected chi connectivity index (χ0v) is 17.6. The third-order valence-corrected chi connectivity index (χ3v) is 4.95. The maximum Gasteiger partial charge on any atom is 0.138 e. The number of nitrogens with zero attached hydrogens (tertiary/aromatic N) is 3. The van der Waals surface area contributed by atoms with Crippen LogP contribution in [0.5, 0.6) is 0 Å². The van der Waals surface area contributed by atoms with Gasteiger partial charge < -0.3 is 9.80 Å². The van der Waals surface area contributed by atoms with Crippen molar-refractivity contribution in [1.82, 2.24) is 9.88 Å². The highest BCUT2D eigenvalue weighted by atomic mass is 35.5. The Morgan fingerprint density at radius 3 is 2.25 bits per heavy atom. The van der Waals surface area contributed by atoms with E-state index >= 15 is 0 Å². The van der Waals surface area contributed by atoms with Crippen LogP contribution in [0, 0.1) is 11.8 Å². The van der Waals surface area contributed by atoms with Crippen LogP contribution in [-0.4, -0.2) is 42.6 Å². The summed E-state index contributed by atoms with van der Waals surface area (Å²) in [6.07, 6.45) is 0. The normalized spacial score (nSPS) is 13.8. The second kappa shape index (κ2) is 10.3. The molecular formula is C23H25Cl2N3. The number of piperazine rings is 1. The highest BCUT2D eigenvalue weighted by molar-refractivity contribution is 5.93. The quantitative estimate of drug-likeness (QED) is 0.571. The number of hydrogen-bond acceptors (Lipinski definition) is 3. The van der Waals surface area contributed by atoms with Gasteiger partial charge in [0.1, 0.15) is 11.5 Å². The van der Waals surface area contributed by atoms with Gasteiger partial charge in [-0.1, -0.05) is 55.3 Å². The van der Waals surface area contributed by atoms with Gasteiger partial charge in [0.05, 0.1) is 0 Å². The second-order valence-electron chi connectivity index (χ2n) is 6.59. The minimum absolute atomic E-state index is 0. The van der Waals surface area contributed by atoms with Gasteiger partial charge in [-0.05, 0) is 36.1 Å². The fourth-order valence-corrected chi connectivity index (χ4v) is 3.42. The van der Waals surface area contributed by atoms with E-state index in [-0.39, 0.29) is 24.8 Å². The molecule has 2 aromatic carbocycles. The van der Waals surface area contributed by atoms with Gasteiger partial charge in [0.25, 0.3) is 0 Å². The molecule has 1 fully saturated rings. The molecule has 0 amide bonds. The van der Waals surface area contributed by atoms with Gasteiger partial charge in [-0.25, -0.2) is 4.98 Å². The Morgan fingerprint density at radius 1 is 0.857 bits per heavy atom. The molecule has 28 heavy (non-hydrogen) atoms. The Kier molecular flexibility index (Phi) is 8.14. The van der Waals surface area contributed by atoms with Gasteiger partial charge in [-0.3, -0.25) is 0 Å². The molecule has 0 unspecified atom stereocenters. The largest absolute Gasteiger partial charge is 0.353 e. The molecule has 1 saturated heterocycles. The average Bonchev–Trinajstić information content (AvgIpc) is 2.72. The number of fused-ring (bicyclic) bond motifs is 1. The number of pyridine rings is 1. The zero-order valence-electron chi connectivity index (χ0n) is 16.0. The van der Waals surface area contributed by atoms with E-state index in [0.29, 0.717) is 0 Å². The molecule has 4 rings (SSSR count). The standard InChI is InChI=1S/C23H23N3.2ClH/c1-2-25-14-16-26(17-15-25)23-22-11-7-6-10-20(22)18-21(24-23)13-12-19-8-4-3-5-9-19;;/h3-11,18H,2,14-17H2,1H3;2*1H. The average molecular weight is 414 g/mol. The van der Waals surface area contributed by atoms with Crippen molar-refractivity contribution >= 4 is 41.4 Å². The predicted octanol–water partition coefficient (Wildman–Crippen LogP) is 4.62. The van der Waals surface area contributed by atoms with Crippen LogP contribution < -0.4 is 4.90 Å². The second-order valence-corrected chi connectivity index (χ2v) is 6.59. The van der Waals surface area contributed by atoms with Gasteiger partial charge in [0.15, 0.2) is 0 Å². The molecule has 1 aliphatic rings. The molecule has 146 valence electrons. The van der Waals surface area contributed by atoms with Crippen molar-refractivity contribution in [3.8, 4) is 11.8 Å². The minimum Gasteiger partial charge on any atom is -0.353 e. The van der Waals surface area contributed by atoms with Crippen molar-refractivity contribution in [3.05, 3.63) is 71.9 Å². The molecule has 2 heterocycles. The summed E-state index contributed by atoms with van der Waals surface area (Å²) >= 11 is 0. The van der Waals surface area contributed by atoms with Gasteiger partial charge in [0.2, 0.25) is 0 Å². The van der Waals surface area contributed by atoms with Crippen molar-refractivity contribution in [2.75, 3.05) is 37.6 Å². The van der Waals surface area contributed by atoms with Crippen LogP contribution in [0.15, 0.2) is 60.7 Å². The Labute approximate surface area is 179 Å². The number of rotatable bonds is 2. The lowest BCUT2D eigenvalue weighted by atomic mass is 10.1. The summed E-state index contributed by atoms with van der Waals surface area (Å²) in [5.41, 5.74) is 1.85. The zero-order chi connectivity index (χ0) is 17.8. The molecule has 0 spiro atoms. The van der Waals surface area contributed by atoms with Crippen molar-refractivity contribution < 1.29 is 0 Å². The third-order valence-electron chi connectivity index (χ3n) is 4.95. The van der Waals surface area contributed by atoms with Crippen molar-refractivity contribution in [1.29, 1.82) is 0 Å². The summed E-state index contributed by atoms with van der Waals surface area (Å²) in [6, 6.07) is 20.7. The molecule has 0 saturated carbocycles. The SMILES string of the molecule is CCN1CCN(c2nc(C#Cc3ccccc3)cc3ccccc23)CC1.Cl.Cl. The van der Waals surface area contributed by atoms with E-state index in [0.717, 1.165) is 49.8 Å². The Balaban J connectivity index is 0.00000140. The lowest BCUT2D eigenvalue weighted by Gasteiger charge is -2.35. The first-order valence-corrected chi connectivity index (χ1v) is 9.27. The third kappa shape index (κ3) is 4.97. The van der Waals surface area contributed by atoms with Crippen LogP contribution in [0.2, 0.25) is 0 Å². The summed E-state index contributed by atoms with van der Waals surface area (Å²) in [5, 5.41) is 2.41. The summed E-state index contributed by atoms with van der Waals surface area (Å²) in [4.78, 5) is 9.81. The molecule has 0 aliphatic carbocycles. The van der Waals surface area contributed by atoms with E-state index in [1.54, 1.807) is 0 Å². The van der Waals surface area contributed by atoms with Crippen LogP contribution in [-0.2, 0) is 0 Å². The van der Waals surface area contributed by atoms with Crippen molar-refractivity contribution in [2.45, 2.75) is 6.92 Å². The maximum atomic E-state index is 4.92. The molecule has 0 bridgehead atoms. The van der Waals surface area contributed by atoms with Crippen LogP contribution in [0.25, 0.3) is 10.8 Å². The molecule has 1 aliphatic heterocycles. The van der Waals surface area contributed by atoms with Gasteiger partial charge in [-0.2, -0.15) is 0 Å². The number of halogens is 2. The number of aromatic nitrogens is 1. The summed E-state index contributed by atoms with van der Waals surface area (Å²) < 4.78 is 0. The van der Waals surface area contributed by atoms with Crippen LogP contribution in [0.4, 0.5) is 5.82 Å². The summed E-state index contributed by atoms with van der Waals surface area (Å²) in [5.74, 6) is 7.55. The number of anilines is 1. The molecule has 0 N–H and O–H groups in total. The van der Waals surface area contributed by atoms with Gasteiger partial charge in [-0.15, -0.1) is 24.8 Å². The lowest BCUT2D eigenvalue weighted by Crippen LogP contribution is -2.46. The Bertz CT molecular complexity index is 956. The van der Waals surface area contributed by atoms with E-state index in [1.165, 1.54) is 10.8 Å². The molecule has 1 aromatic heterocycles. The number of hydrogen-bond donors (Lipinski definition) is 0. The van der Waals surface area contributed by atoms with E-state index in [9.17, 15) is 0 Å². The number of likely N-dealkylation sites (N-methyl/N-ethyl adjacent to an activating group) is 1. The molecule has 0 radical (unpaired) electrons. The topological polar surface area (TPSA) is 19.4 Å². The first kappa shape index (κ1) is 22.0. The van der Waals surface area contributed by atoms with E-state index in [4.69, 9.17) is 4.98 Å². The molecule has 3 aromatic rings. The first-order chi connectivity index (χ1) is 12.8. The fraction of sp³-hybridized carbons (Fsp3) is 0.261. The first-order valence-electron chi connectivity index (χ1n) is 9.27. The van der Waals surface area contributed by atoms with E-state index < -0.39 is 0 Å². The van der Waals surface area contributed by atoms with Crippen molar-refractivity contribution in [2.24, 2.45) is 0 Å². The maximum absolute atomic E-state index is 4.92. The fourth-order valence-electron chi connectivity index (χ4n) is 3.42.